The summed E-state index contributed by atoms with van der Waals surface area (Å²) in [5.74, 6) is 2.00. The minimum atomic E-state index is -0.221. The molecule has 1 unspecified atom stereocenters. The van der Waals surface area contributed by atoms with Crippen LogP contribution < -0.4 is 10.1 Å². The van der Waals surface area contributed by atoms with Gasteiger partial charge in [-0.2, -0.15) is 14.6 Å². The molecule has 0 saturated heterocycles. The van der Waals surface area contributed by atoms with Crippen molar-refractivity contribution in [1.82, 2.24) is 19.6 Å². The van der Waals surface area contributed by atoms with Crippen molar-refractivity contribution in [2.45, 2.75) is 39.3 Å². The summed E-state index contributed by atoms with van der Waals surface area (Å²) in [5, 5.41) is 17.3. The third kappa shape index (κ3) is 3.41. The van der Waals surface area contributed by atoms with Crippen LogP contribution in [-0.2, 0) is 6.61 Å². The van der Waals surface area contributed by atoms with Gasteiger partial charge in [-0.3, -0.25) is 0 Å². The fourth-order valence-corrected chi connectivity index (χ4v) is 2.70. The number of rotatable bonds is 6. The van der Waals surface area contributed by atoms with Crippen molar-refractivity contribution >= 4 is 11.6 Å². The first-order valence-electron chi connectivity index (χ1n) is 8.29. The lowest BCUT2D eigenvalue weighted by molar-refractivity contribution is 0.271. The Morgan fingerprint density at radius 3 is 2.72 bits per heavy atom. The molecule has 7 heteroatoms. The molecule has 0 bridgehead atoms. The Labute approximate surface area is 146 Å². The Bertz CT molecular complexity index is 875. The van der Waals surface area contributed by atoms with E-state index in [1.807, 2.05) is 31.2 Å². The number of nitrogens with one attached hydrogen (secondary N) is 1. The second-order valence-electron chi connectivity index (χ2n) is 6.25. The van der Waals surface area contributed by atoms with Crippen molar-refractivity contribution in [2.75, 3.05) is 12.4 Å². The monoisotopic (exact) mass is 341 g/mol. The van der Waals surface area contributed by atoms with Gasteiger partial charge in [-0.25, -0.2) is 4.98 Å². The number of hydrogen-bond acceptors (Lipinski definition) is 6. The number of aromatic nitrogens is 4. The highest BCUT2D eigenvalue weighted by molar-refractivity contribution is 5.52. The van der Waals surface area contributed by atoms with Gasteiger partial charge in [-0.05, 0) is 30.5 Å². The molecule has 3 aromatic rings. The summed E-state index contributed by atoms with van der Waals surface area (Å²) in [7, 11) is 1.65. The van der Waals surface area contributed by atoms with Gasteiger partial charge in [0, 0.05) is 5.56 Å². The first-order valence-corrected chi connectivity index (χ1v) is 8.29. The summed E-state index contributed by atoms with van der Waals surface area (Å²) in [6.45, 7) is 5.99. The van der Waals surface area contributed by atoms with Crippen molar-refractivity contribution in [3.8, 4) is 5.75 Å². The van der Waals surface area contributed by atoms with Crippen LogP contribution in [0.4, 0.5) is 5.95 Å². The van der Waals surface area contributed by atoms with Crippen LogP contribution >= 0.6 is 0 Å². The number of methoxy groups -OCH3 is 1. The highest BCUT2D eigenvalue weighted by Gasteiger charge is 2.16. The van der Waals surface area contributed by atoms with E-state index >= 15 is 0 Å². The molecule has 0 fully saturated rings. The topological polar surface area (TPSA) is 84.6 Å². The van der Waals surface area contributed by atoms with Gasteiger partial charge in [0.05, 0.1) is 19.3 Å². The van der Waals surface area contributed by atoms with Crippen LogP contribution in [0.15, 0.2) is 30.5 Å². The van der Waals surface area contributed by atoms with E-state index in [1.165, 1.54) is 0 Å². The molecule has 0 aliphatic heterocycles. The smallest absolute Gasteiger partial charge is 0.228 e. The molecular weight excluding hydrogens is 318 g/mol. The predicted molar refractivity (Wildman–Crippen MR) is 95.8 cm³/mol. The van der Waals surface area contributed by atoms with E-state index in [0.717, 1.165) is 22.5 Å². The Morgan fingerprint density at radius 2 is 2.04 bits per heavy atom. The molecule has 2 heterocycles. The zero-order chi connectivity index (χ0) is 18.0. The average Bonchev–Trinajstić information content (AvgIpc) is 3.06. The minimum Gasteiger partial charge on any atom is -0.497 e. The molecule has 25 heavy (non-hydrogen) atoms. The maximum absolute atomic E-state index is 9.51. The minimum absolute atomic E-state index is 0.0218. The van der Waals surface area contributed by atoms with E-state index in [4.69, 9.17) is 4.74 Å². The molecule has 3 rings (SSSR count). The molecule has 0 aliphatic rings. The zero-order valence-electron chi connectivity index (χ0n) is 14.9. The van der Waals surface area contributed by atoms with Gasteiger partial charge < -0.3 is 15.2 Å². The Kier molecular flexibility index (Phi) is 4.85. The Balaban J connectivity index is 1.99. The van der Waals surface area contributed by atoms with Gasteiger partial charge in [0.2, 0.25) is 5.95 Å². The van der Waals surface area contributed by atoms with Crippen LogP contribution in [0, 0.1) is 0 Å². The van der Waals surface area contributed by atoms with Crippen molar-refractivity contribution in [3.05, 3.63) is 47.4 Å². The van der Waals surface area contributed by atoms with Gasteiger partial charge in [-0.1, -0.05) is 26.0 Å². The maximum atomic E-state index is 9.51. The van der Waals surface area contributed by atoms with Crippen LogP contribution in [0.1, 0.15) is 49.7 Å². The van der Waals surface area contributed by atoms with Gasteiger partial charge in [-0.15, -0.1) is 0 Å². The summed E-state index contributed by atoms with van der Waals surface area (Å²) in [5.41, 5.74) is 2.80. The summed E-state index contributed by atoms with van der Waals surface area (Å²) in [4.78, 5) is 8.82. The molecule has 0 aliphatic carbocycles. The largest absolute Gasteiger partial charge is 0.497 e. The number of ether oxygens (including phenoxy) is 1. The molecular formula is C18H23N5O2. The van der Waals surface area contributed by atoms with Crippen molar-refractivity contribution in [2.24, 2.45) is 0 Å². The molecule has 0 spiro atoms. The van der Waals surface area contributed by atoms with Crippen LogP contribution in [0.3, 0.4) is 0 Å². The Hall–Kier alpha value is -2.67. The van der Waals surface area contributed by atoms with Crippen LogP contribution in [0.5, 0.6) is 5.75 Å². The fourth-order valence-electron chi connectivity index (χ4n) is 2.70. The number of aliphatic hydroxyl groups excluding tert-OH is 1. The van der Waals surface area contributed by atoms with Gasteiger partial charge >= 0.3 is 0 Å². The molecule has 132 valence electrons. The quantitative estimate of drug-likeness (QED) is 0.717. The van der Waals surface area contributed by atoms with E-state index in [-0.39, 0.29) is 18.6 Å². The van der Waals surface area contributed by atoms with Gasteiger partial charge in [0.15, 0.2) is 11.5 Å². The SMILES string of the molecule is COc1cccc(C(C)Nc2nc(CO)nc3c(C(C)C)cnn23)c1. The maximum Gasteiger partial charge on any atom is 0.228 e. The number of anilines is 1. The Morgan fingerprint density at radius 1 is 1.24 bits per heavy atom. The first kappa shape index (κ1) is 17.2. The third-order valence-corrected chi connectivity index (χ3v) is 4.14. The number of benzene rings is 1. The first-order chi connectivity index (χ1) is 12.0. The highest BCUT2D eigenvalue weighted by atomic mass is 16.5. The molecule has 7 nitrogen and oxygen atoms in total. The van der Waals surface area contributed by atoms with Crippen LogP contribution in [0.2, 0.25) is 0 Å². The van der Waals surface area contributed by atoms with Gasteiger partial charge in [0.25, 0.3) is 0 Å². The normalized spacial score (nSPS) is 12.6. The van der Waals surface area contributed by atoms with Crippen molar-refractivity contribution in [1.29, 1.82) is 0 Å². The molecule has 2 aromatic heterocycles. The highest BCUT2D eigenvalue weighted by Crippen LogP contribution is 2.24. The fraction of sp³-hybridized carbons (Fsp3) is 0.389. The summed E-state index contributed by atoms with van der Waals surface area (Å²) >= 11 is 0. The lowest BCUT2D eigenvalue weighted by atomic mass is 10.1. The standard InChI is InChI=1S/C18H23N5O2/c1-11(2)15-9-19-23-17(15)21-16(10-24)22-18(23)20-12(3)13-6-5-7-14(8-13)25-4/h5-9,11-12,24H,10H2,1-4H3,(H,20,21,22). The van der Waals surface area contributed by atoms with E-state index in [0.29, 0.717) is 11.8 Å². The predicted octanol–water partition coefficient (Wildman–Crippen LogP) is 2.92. The number of nitrogens with zero attached hydrogens (tertiary/aromatic N) is 4. The average molecular weight is 341 g/mol. The molecule has 0 radical (unpaired) electrons. The van der Waals surface area contributed by atoms with Crippen molar-refractivity contribution in [3.63, 3.8) is 0 Å². The number of hydrogen-bond donors (Lipinski definition) is 2. The molecule has 0 saturated carbocycles. The van der Waals surface area contributed by atoms with E-state index in [2.05, 4.69) is 34.2 Å². The number of fused-ring (bicyclic) bond motifs is 1. The lowest BCUT2D eigenvalue weighted by Crippen LogP contribution is -2.14. The van der Waals surface area contributed by atoms with Crippen LogP contribution in [0.25, 0.3) is 5.65 Å². The molecule has 1 aromatic carbocycles. The van der Waals surface area contributed by atoms with E-state index < -0.39 is 0 Å². The van der Waals surface area contributed by atoms with E-state index in [1.54, 1.807) is 17.8 Å². The molecule has 0 amide bonds. The van der Waals surface area contributed by atoms with Crippen LogP contribution in [-0.4, -0.2) is 31.8 Å². The second kappa shape index (κ2) is 7.06. The van der Waals surface area contributed by atoms with Gasteiger partial charge in [0.1, 0.15) is 12.4 Å². The lowest BCUT2D eigenvalue weighted by Gasteiger charge is -2.17. The summed E-state index contributed by atoms with van der Waals surface area (Å²) in [6, 6.07) is 7.84. The second-order valence-corrected chi connectivity index (χ2v) is 6.25. The third-order valence-electron chi connectivity index (χ3n) is 4.14. The number of aliphatic hydroxyl groups is 1. The zero-order valence-corrected chi connectivity index (χ0v) is 14.9. The molecule has 1 atom stereocenters. The van der Waals surface area contributed by atoms with E-state index in [9.17, 15) is 5.11 Å². The summed E-state index contributed by atoms with van der Waals surface area (Å²) < 4.78 is 6.97. The summed E-state index contributed by atoms with van der Waals surface area (Å²) in [6.07, 6.45) is 1.80. The molecule has 2 N–H and O–H groups in total. The van der Waals surface area contributed by atoms with Crippen molar-refractivity contribution < 1.29 is 9.84 Å².